The molecule has 170 valence electrons. The van der Waals surface area contributed by atoms with Crippen LogP contribution in [0.25, 0.3) is 33.0 Å². The monoisotopic (exact) mass is 490 g/mol. The third kappa shape index (κ3) is 6.75. The zero-order valence-corrected chi connectivity index (χ0v) is 18.3. The molecule has 0 radical (unpaired) electrons. The Balaban J connectivity index is 2.47. The second-order valence-electron chi connectivity index (χ2n) is 6.30. The molecule has 33 heavy (non-hydrogen) atoms. The summed E-state index contributed by atoms with van der Waals surface area (Å²) in [4.78, 5) is 16.3. The first kappa shape index (κ1) is 25.3. The van der Waals surface area contributed by atoms with Crippen LogP contribution in [0.3, 0.4) is 0 Å². The molecule has 2 rings (SSSR count). The highest BCUT2D eigenvalue weighted by atomic mass is 32.2. The standard InChI is InChI=1S/C18H14N6O7S2/c1-11(8-13-3-6-15(22-24-20)10-18(13)33(29,30)31)16(25)7-4-12-2-5-14(21-23-19)9-17(12)32(26,27)28/h2-10H,1H3,(H,26,27,28)(H,29,30,31). The van der Waals surface area contributed by atoms with Crippen molar-refractivity contribution in [2.75, 3.05) is 0 Å². The van der Waals surface area contributed by atoms with Crippen LogP contribution in [0.2, 0.25) is 0 Å². The third-order valence-electron chi connectivity index (χ3n) is 4.05. The normalized spacial score (nSPS) is 12.2. The van der Waals surface area contributed by atoms with Crippen LogP contribution in [0.15, 0.2) is 68.1 Å². The molecule has 0 amide bonds. The first-order valence-corrected chi connectivity index (χ1v) is 11.5. The summed E-state index contributed by atoms with van der Waals surface area (Å²) >= 11 is 0. The molecular formula is C18H14N6O7S2. The Labute approximate surface area is 187 Å². The van der Waals surface area contributed by atoms with Crippen molar-refractivity contribution in [3.8, 4) is 0 Å². The van der Waals surface area contributed by atoms with Gasteiger partial charge in [-0.25, -0.2) is 0 Å². The number of hydrogen-bond acceptors (Lipinski definition) is 7. The van der Waals surface area contributed by atoms with E-state index < -0.39 is 35.8 Å². The minimum atomic E-state index is -4.72. The van der Waals surface area contributed by atoms with Gasteiger partial charge >= 0.3 is 0 Å². The number of rotatable bonds is 8. The van der Waals surface area contributed by atoms with Crippen LogP contribution in [-0.2, 0) is 25.0 Å². The predicted octanol–water partition coefficient (Wildman–Crippen LogP) is 4.75. The lowest BCUT2D eigenvalue weighted by Crippen LogP contribution is -2.02. The van der Waals surface area contributed by atoms with Gasteiger partial charge < -0.3 is 0 Å². The molecule has 2 aromatic carbocycles. The fourth-order valence-electron chi connectivity index (χ4n) is 2.58. The van der Waals surface area contributed by atoms with Crippen molar-refractivity contribution in [2.24, 2.45) is 10.2 Å². The fourth-order valence-corrected chi connectivity index (χ4v) is 3.98. The van der Waals surface area contributed by atoms with Crippen molar-refractivity contribution < 1.29 is 30.7 Å². The molecule has 0 bridgehead atoms. The van der Waals surface area contributed by atoms with Crippen molar-refractivity contribution in [3.05, 3.63) is 80.1 Å². The van der Waals surface area contributed by atoms with Crippen LogP contribution in [0.4, 0.5) is 11.4 Å². The zero-order valence-electron chi connectivity index (χ0n) is 16.6. The number of carbonyl (C=O) groups excluding carboxylic acids is 1. The van der Waals surface area contributed by atoms with E-state index >= 15 is 0 Å². The van der Waals surface area contributed by atoms with E-state index in [2.05, 4.69) is 20.1 Å². The van der Waals surface area contributed by atoms with E-state index in [0.717, 1.165) is 30.4 Å². The lowest BCUT2D eigenvalue weighted by Gasteiger charge is -2.06. The maximum absolute atomic E-state index is 12.5. The highest BCUT2D eigenvalue weighted by molar-refractivity contribution is 7.86. The molecule has 2 N–H and O–H groups in total. The Morgan fingerprint density at radius 3 is 1.79 bits per heavy atom. The van der Waals surface area contributed by atoms with Gasteiger partial charge in [-0.1, -0.05) is 34.5 Å². The van der Waals surface area contributed by atoms with Crippen molar-refractivity contribution in [1.29, 1.82) is 0 Å². The van der Waals surface area contributed by atoms with E-state index in [9.17, 15) is 30.7 Å². The molecule has 0 aliphatic carbocycles. The topological polar surface area (TPSA) is 223 Å². The number of nitrogens with zero attached hydrogens (tertiary/aromatic N) is 6. The second kappa shape index (κ2) is 10.1. The molecule has 0 spiro atoms. The van der Waals surface area contributed by atoms with Crippen molar-refractivity contribution in [3.63, 3.8) is 0 Å². The van der Waals surface area contributed by atoms with Gasteiger partial charge in [0.1, 0.15) is 9.79 Å². The largest absolute Gasteiger partial charge is 0.295 e. The van der Waals surface area contributed by atoms with E-state index in [0.29, 0.717) is 0 Å². The molecule has 0 fully saturated rings. The molecule has 15 heteroatoms. The van der Waals surface area contributed by atoms with E-state index in [4.69, 9.17) is 11.1 Å². The minimum Gasteiger partial charge on any atom is -0.290 e. The van der Waals surface area contributed by atoms with E-state index in [1.807, 2.05) is 0 Å². The Kier molecular flexibility index (Phi) is 7.74. The number of allylic oxidation sites excluding steroid dienone is 2. The predicted molar refractivity (Wildman–Crippen MR) is 118 cm³/mol. The maximum Gasteiger partial charge on any atom is 0.295 e. The van der Waals surface area contributed by atoms with E-state index in [1.54, 1.807) is 0 Å². The first-order valence-electron chi connectivity index (χ1n) is 8.61. The zero-order chi connectivity index (χ0) is 24.8. The SMILES string of the molecule is CC(=Cc1ccc(N=[N+]=[N-])cc1S(=O)(=O)O)C(=O)C=Cc1ccc(N=[N+]=[N-])cc1S(=O)(=O)O. The van der Waals surface area contributed by atoms with Crippen molar-refractivity contribution in [1.82, 2.24) is 0 Å². The summed E-state index contributed by atoms with van der Waals surface area (Å²) in [6.07, 6.45) is 3.23. The smallest absolute Gasteiger partial charge is 0.290 e. The molecule has 13 nitrogen and oxygen atoms in total. The average molecular weight is 490 g/mol. The van der Waals surface area contributed by atoms with Crippen LogP contribution < -0.4 is 0 Å². The van der Waals surface area contributed by atoms with Crippen molar-refractivity contribution >= 4 is 49.5 Å². The summed E-state index contributed by atoms with van der Waals surface area (Å²) in [6.45, 7) is 1.34. The molecule has 0 saturated heterocycles. The maximum atomic E-state index is 12.5. The summed E-state index contributed by atoms with van der Waals surface area (Å²) in [7, 11) is -9.43. The van der Waals surface area contributed by atoms with Crippen LogP contribution in [0.5, 0.6) is 0 Å². The van der Waals surface area contributed by atoms with Gasteiger partial charge in [0.25, 0.3) is 20.2 Å². The first-order chi connectivity index (χ1) is 15.4. The van der Waals surface area contributed by atoms with Gasteiger partial charge in [-0.2, -0.15) is 16.8 Å². The fraction of sp³-hybridized carbons (Fsp3) is 0.0556. The Bertz CT molecular complexity index is 1500. The summed E-state index contributed by atoms with van der Waals surface area (Å²) < 4.78 is 65.4. The number of azide groups is 2. The number of hydrogen-bond donors (Lipinski definition) is 2. The van der Waals surface area contributed by atoms with Gasteiger partial charge in [0.05, 0.1) is 0 Å². The van der Waals surface area contributed by atoms with Crippen LogP contribution in [0, 0.1) is 0 Å². The van der Waals surface area contributed by atoms with Gasteiger partial charge in [-0.15, -0.1) is 0 Å². The summed E-state index contributed by atoms with van der Waals surface area (Å²) in [5, 5.41) is 6.50. The quantitative estimate of drug-likeness (QED) is 0.173. The summed E-state index contributed by atoms with van der Waals surface area (Å²) in [6, 6.07) is 6.82. The van der Waals surface area contributed by atoms with Gasteiger partial charge in [0, 0.05) is 21.2 Å². The lowest BCUT2D eigenvalue weighted by molar-refractivity contribution is -0.111. The molecule has 0 aliphatic rings. The summed E-state index contributed by atoms with van der Waals surface area (Å²) in [5.41, 5.74) is 16.6. The third-order valence-corrected chi connectivity index (χ3v) is 5.86. The van der Waals surface area contributed by atoms with Gasteiger partial charge in [-0.05, 0) is 65.0 Å². The van der Waals surface area contributed by atoms with Crippen LogP contribution >= 0.6 is 0 Å². The van der Waals surface area contributed by atoms with Crippen molar-refractivity contribution in [2.45, 2.75) is 16.7 Å². The Hall–Kier alpha value is -3.97. The second-order valence-corrected chi connectivity index (χ2v) is 9.08. The molecule has 0 atom stereocenters. The molecule has 0 saturated carbocycles. The molecule has 0 unspecified atom stereocenters. The van der Waals surface area contributed by atoms with E-state index in [-0.39, 0.29) is 28.1 Å². The molecular weight excluding hydrogens is 476 g/mol. The molecule has 0 aromatic heterocycles. The molecule has 2 aromatic rings. The average Bonchev–Trinajstić information content (AvgIpc) is 2.72. The van der Waals surface area contributed by atoms with E-state index in [1.165, 1.54) is 31.2 Å². The lowest BCUT2D eigenvalue weighted by atomic mass is 10.1. The number of ketones is 1. The van der Waals surface area contributed by atoms with Gasteiger partial charge in [0.2, 0.25) is 0 Å². The highest BCUT2D eigenvalue weighted by Crippen LogP contribution is 2.26. The molecule has 0 heterocycles. The number of benzene rings is 2. The summed E-state index contributed by atoms with van der Waals surface area (Å²) in [5.74, 6) is -0.657. The van der Waals surface area contributed by atoms with Crippen LogP contribution in [-0.4, -0.2) is 31.7 Å². The Morgan fingerprint density at radius 2 is 1.33 bits per heavy atom. The number of carbonyl (C=O) groups is 1. The van der Waals surface area contributed by atoms with Crippen LogP contribution in [0.1, 0.15) is 18.1 Å². The minimum absolute atomic E-state index is 0.00629. The molecule has 0 aliphatic heterocycles. The highest BCUT2D eigenvalue weighted by Gasteiger charge is 2.17. The Morgan fingerprint density at radius 1 is 0.879 bits per heavy atom. The van der Waals surface area contributed by atoms with Gasteiger partial charge in [0.15, 0.2) is 5.78 Å². The van der Waals surface area contributed by atoms with Gasteiger partial charge in [-0.3, -0.25) is 13.9 Å².